The van der Waals surface area contributed by atoms with Crippen LogP contribution in [0.5, 0.6) is 5.75 Å². The van der Waals surface area contributed by atoms with Crippen molar-refractivity contribution in [3.05, 3.63) is 18.2 Å². The van der Waals surface area contributed by atoms with Gasteiger partial charge in [0.25, 0.3) is 5.91 Å². The van der Waals surface area contributed by atoms with Crippen molar-refractivity contribution in [2.45, 2.75) is 50.0 Å². The minimum Gasteiger partial charge on any atom is -0.482 e. The Balaban J connectivity index is 1.52. The number of amides is 2. The molecular weight excluding hydrogens is 394 g/mol. The third-order valence-corrected chi connectivity index (χ3v) is 7.90. The van der Waals surface area contributed by atoms with E-state index in [1.165, 1.54) is 16.4 Å². The summed E-state index contributed by atoms with van der Waals surface area (Å²) in [7, 11) is -3.77. The van der Waals surface area contributed by atoms with Crippen LogP contribution in [0.3, 0.4) is 0 Å². The van der Waals surface area contributed by atoms with E-state index in [1.54, 1.807) is 6.07 Å². The monoisotopic (exact) mass is 421 g/mol. The van der Waals surface area contributed by atoms with Crippen LogP contribution in [0.2, 0.25) is 0 Å². The summed E-state index contributed by atoms with van der Waals surface area (Å²) in [6.45, 7) is 3.33. The third kappa shape index (κ3) is 3.98. The average Bonchev–Trinajstić information content (AvgIpc) is 2.73. The lowest BCUT2D eigenvalue weighted by molar-refractivity contribution is -0.140. The molecule has 0 bridgehead atoms. The first-order valence-corrected chi connectivity index (χ1v) is 11.7. The molecule has 8 nitrogen and oxygen atoms in total. The van der Waals surface area contributed by atoms with E-state index < -0.39 is 10.0 Å². The molecule has 1 aromatic carbocycles. The highest BCUT2D eigenvalue weighted by atomic mass is 32.2. The zero-order valence-corrected chi connectivity index (χ0v) is 17.4. The number of rotatable bonds is 3. The van der Waals surface area contributed by atoms with Crippen LogP contribution in [0.4, 0.5) is 5.69 Å². The number of fused-ring (bicyclic) bond motifs is 1. The van der Waals surface area contributed by atoms with Gasteiger partial charge in [-0.15, -0.1) is 0 Å². The van der Waals surface area contributed by atoms with E-state index in [0.717, 1.165) is 25.8 Å². The number of carbonyl (C=O) groups excluding carboxylic acids is 2. The van der Waals surface area contributed by atoms with Crippen molar-refractivity contribution in [2.24, 2.45) is 5.92 Å². The zero-order chi connectivity index (χ0) is 20.6. The maximum absolute atomic E-state index is 13.2. The molecule has 1 N–H and O–H groups in total. The van der Waals surface area contributed by atoms with E-state index in [2.05, 4.69) is 12.2 Å². The van der Waals surface area contributed by atoms with E-state index in [1.807, 2.05) is 4.90 Å². The van der Waals surface area contributed by atoms with Crippen molar-refractivity contribution in [1.82, 2.24) is 9.21 Å². The predicted molar refractivity (Wildman–Crippen MR) is 107 cm³/mol. The van der Waals surface area contributed by atoms with Gasteiger partial charge in [-0.25, -0.2) is 8.42 Å². The van der Waals surface area contributed by atoms with Crippen LogP contribution in [0.25, 0.3) is 0 Å². The van der Waals surface area contributed by atoms with Crippen LogP contribution >= 0.6 is 0 Å². The molecule has 3 heterocycles. The molecule has 0 aliphatic carbocycles. The van der Waals surface area contributed by atoms with E-state index in [0.29, 0.717) is 30.8 Å². The van der Waals surface area contributed by atoms with E-state index in [-0.39, 0.29) is 41.8 Å². The Hall–Kier alpha value is -2.13. The Bertz CT molecular complexity index is 917. The van der Waals surface area contributed by atoms with Crippen molar-refractivity contribution < 1.29 is 22.7 Å². The van der Waals surface area contributed by atoms with Crippen LogP contribution in [0, 0.1) is 5.92 Å². The fraction of sp³-hybridized carbons (Fsp3) is 0.600. The van der Waals surface area contributed by atoms with Crippen LogP contribution < -0.4 is 10.1 Å². The molecule has 9 heteroatoms. The first kappa shape index (κ1) is 20.2. The molecule has 2 saturated heterocycles. The van der Waals surface area contributed by atoms with E-state index in [9.17, 15) is 18.0 Å². The smallest absolute Gasteiger partial charge is 0.262 e. The summed E-state index contributed by atoms with van der Waals surface area (Å²) in [5, 5.41) is 2.64. The molecule has 1 aromatic rings. The number of carbonyl (C=O) groups is 2. The number of hydrogen-bond acceptors (Lipinski definition) is 5. The number of likely N-dealkylation sites (tertiary alicyclic amines) is 1. The molecule has 0 radical (unpaired) electrons. The van der Waals surface area contributed by atoms with Crippen molar-refractivity contribution in [2.75, 3.05) is 31.6 Å². The molecule has 0 spiro atoms. The molecule has 0 saturated carbocycles. The maximum atomic E-state index is 13.2. The molecule has 0 aromatic heterocycles. The van der Waals surface area contributed by atoms with Crippen molar-refractivity contribution >= 4 is 27.5 Å². The largest absolute Gasteiger partial charge is 0.482 e. The molecule has 2 amide bonds. The lowest BCUT2D eigenvalue weighted by atomic mass is 9.95. The van der Waals surface area contributed by atoms with Gasteiger partial charge in [0.05, 0.1) is 16.5 Å². The second-order valence-corrected chi connectivity index (χ2v) is 10.0. The number of nitrogens with zero attached hydrogens (tertiary/aromatic N) is 2. The topological polar surface area (TPSA) is 96.0 Å². The molecule has 4 rings (SSSR count). The van der Waals surface area contributed by atoms with Crippen molar-refractivity contribution in [3.63, 3.8) is 0 Å². The van der Waals surface area contributed by atoms with Crippen molar-refractivity contribution in [3.8, 4) is 5.75 Å². The summed E-state index contributed by atoms with van der Waals surface area (Å²) >= 11 is 0. The fourth-order valence-corrected chi connectivity index (χ4v) is 5.94. The van der Waals surface area contributed by atoms with E-state index in [4.69, 9.17) is 4.74 Å². The summed E-state index contributed by atoms with van der Waals surface area (Å²) in [6.07, 6.45) is 4.51. The fourth-order valence-electron chi connectivity index (χ4n) is 4.39. The van der Waals surface area contributed by atoms with Gasteiger partial charge in [-0.2, -0.15) is 4.31 Å². The number of benzene rings is 1. The quantitative estimate of drug-likeness (QED) is 0.803. The molecular formula is C20H27N3O5S. The molecule has 2 fully saturated rings. The lowest BCUT2D eigenvalue weighted by Gasteiger charge is -2.39. The van der Waals surface area contributed by atoms with Gasteiger partial charge in [0.15, 0.2) is 6.61 Å². The highest BCUT2D eigenvalue weighted by Gasteiger charge is 2.37. The Kier molecular flexibility index (Phi) is 5.52. The number of nitrogens with one attached hydrogen (secondary N) is 1. The average molecular weight is 422 g/mol. The third-order valence-electron chi connectivity index (χ3n) is 6.04. The van der Waals surface area contributed by atoms with Gasteiger partial charge in [0.2, 0.25) is 15.9 Å². The minimum atomic E-state index is -3.77. The Morgan fingerprint density at radius 1 is 1.17 bits per heavy atom. The first-order valence-electron chi connectivity index (χ1n) is 10.2. The summed E-state index contributed by atoms with van der Waals surface area (Å²) < 4.78 is 33.1. The van der Waals surface area contributed by atoms with Crippen LogP contribution in [-0.4, -0.2) is 61.7 Å². The van der Waals surface area contributed by atoms with Gasteiger partial charge in [0.1, 0.15) is 5.75 Å². The normalized spacial score (nSPS) is 25.7. The van der Waals surface area contributed by atoms with Crippen LogP contribution in [0.15, 0.2) is 23.1 Å². The van der Waals surface area contributed by atoms with Gasteiger partial charge >= 0.3 is 0 Å². The predicted octanol–water partition coefficient (Wildman–Crippen LogP) is 1.82. The van der Waals surface area contributed by atoms with E-state index >= 15 is 0 Å². The van der Waals surface area contributed by atoms with Gasteiger partial charge < -0.3 is 15.0 Å². The minimum absolute atomic E-state index is 0.0724. The number of hydrogen-bond donors (Lipinski definition) is 1. The Morgan fingerprint density at radius 2 is 2.00 bits per heavy atom. The summed E-state index contributed by atoms with van der Waals surface area (Å²) in [5.41, 5.74) is 0.356. The lowest BCUT2D eigenvalue weighted by Crippen LogP contribution is -2.50. The van der Waals surface area contributed by atoms with Crippen molar-refractivity contribution in [1.29, 1.82) is 0 Å². The number of anilines is 1. The molecule has 29 heavy (non-hydrogen) atoms. The molecule has 3 aliphatic heterocycles. The van der Waals surface area contributed by atoms with Crippen LogP contribution in [0.1, 0.15) is 39.0 Å². The Labute approximate surface area is 171 Å². The summed E-state index contributed by atoms with van der Waals surface area (Å²) in [5.74, 6) is -0.0939. The Morgan fingerprint density at radius 3 is 2.79 bits per heavy atom. The first-order chi connectivity index (χ1) is 13.9. The number of ether oxygens (including phenoxy) is 1. The second-order valence-electron chi connectivity index (χ2n) is 8.07. The van der Waals surface area contributed by atoms with Gasteiger partial charge in [-0.3, -0.25) is 9.59 Å². The summed E-state index contributed by atoms with van der Waals surface area (Å²) in [6, 6.07) is 4.69. The molecule has 3 aliphatic rings. The number of piperidine rings is 2. The zero-order valence-electron chi connectivity index (χ0n) is 16.6. The van der Waals surface area contributed by atoms with Gasteiger partial charge in [0, 0.05) is 25.7 Å². The maximum Gasteiger partial charge on any atom is 0.262 e. The second kappa shape index (κ2) is 7.95. The molecule has 2 atom stereocenters. The highest BCUT2D eigenvalue weighted by molar-refractivity contribution is 7.89. The van der Waals surface area contributed by atoms with Gasteiger partial charge in [-0.1, -0.05) is 0 Å². The molecule has 0 unspecified atom stereocenters. The van der Waals surface area contributed by atoms with Crippen LogP contribution in [-0.2, 0) is 19.6 Å². The standard InChI is InChI=1S/C20H27N3O5S/c1-14-5-2-3-10-23(14)20(25)15-6-4-9-22(12-15)29(26,27)16-7-8-18-17(11-16)21-19(24)13-28-18/h7-8,11,14-15H,2-6,9-10,12-13H2,1H3,(H,21,24)/t14-,15-/m0/s1. The van der Waals surface area contributed by atoms with Gasteiger partial charge in [-0.05, 0) is 57.2 Å². The molecule has 158 valence electrons. The summed E-state index contributed by atoms with van der Waals surface area (Å²) in [4.78, 5) is 26.6. The number of sulfonamides is 1. The highest BCUT2D eigenvalue weighted by Crippen LogP contribution is 2.33. The SMILES string of the molecule is C[C@H]1CCCCN1C(=O)[C@H]1CCCN(S(=O)(=O)c2ccc3c(c2)NC(=O)CO3)C1.